The lowest BCUT2D eigenvalue weighted by Gasteiger charge is -2.35. The highest BCUT2D eigenvalue weighted by Gasteiger charge is 2.32. The van der Waals surface area contributed by atoms with E-state index in [2.05, 4.69) is 77.6 Å². The van der Waals surface area contributed by atoms with Crippen LogP contribution in [0.3, 0.4) is 0 Å². The zero-order chi connectivity index (χ0) is 21.8. The van der Waals surface area contributed by atoms with Crippen molar-refractivity contribution >= 4 is 0 Å². The second-order valence-electron chi connectivity index (χ2n) is 8.17. The number of nitrogens with zero attached hydrogens (tertiary/aromatic N) is 5. The van der Waals surface area contributed by atoms with Gasteiger partial charge in [0.1, 0.15) is 12.4 Å². The molecule has 0 N–H and O–H groups in total. The quantitative estimate of drug-likeness (QED) is 0.435. The summed E-state index contributed by atoms with van der Waals surface area (Å²) in [6, 6.07) is 22.7. The number of ether oxygens (including phenoxy) is 1. The van der Waals surface area contributed by atoms with Crippen molar-refractivity contribution in [2.24, 2.45) is 13.0 Å². The van der Waals surface area contributed by atoms with Crippen molar-refractivity contribution in [1.82, 2.24) is 25.2 Å². The molecular formula is C25H27N5O. The van der Waals surface area contributed by atoms with Gasteiger partial charge in [-0.05, 0) is 46.5 Å². The van der Waals surface area contributed by atoms with Crippen LogP contribution in [0.25, 0.3) is 11.4 Å². The molecule has 1 unspecified atom stereocenters. The first-order valence-electron chi connectivity index (χ1n) is 10.4. The van der Waals surface area contributed by atoms with Crippen LogP contribution in [0.4, 0.5) is 0 Å². The molecular weight excluding hydrogens is 386 g/mol. The molecule has 2 aromatic heterocycles. The summed E-state index contributed by atoms with van der Waals surface area (Å²) in [7, 11) is 1.77. The minimum atomic E-state index is -0.145. The van der Waals surface area contributed by atoms with Crippen molar-refractivity contribution < 1.29 is 4.74 Å². The molecule has 0 spiro atoms. The molecule has 2 heterocycles. The Bertz CT molecular complexity index is 1120. The van der Waals surface area contributed by atoms with Crippen LogP contribution in [0, 0.1) is 5.92 Å². The van der Waals surface area contributed by atoms with E-state index in [1.807, 2.05) is 30.3 Å². The van der Waals surface area contributed by atoms with Gasteiger partial charge >= 0.3 is 0 Å². The summed E-state index contributed by atoms with van der Waals surface area (Å²) in [4.78, 5) is 5.78. The van der Waals surface area contributed by atoms with Gasteiger partial charge in [0, 0.05) is 17.2 Å². The predicted octanol–water partition coefficient (Wildman–Crippen LogP) is 4.81. The Kier molecular flexibility index (Phi) is 5.80. The third-order valence-electron chi connectivity index (χ3n) is 5.97. The van der Waals surface area contributed by atoms with E-state index in [4.69, 9.17) is 4.74 Å². The van der Waals surface area contributed by atoms with Gasteiger partial charge in [0.2, 0.25) is 5.82 Å². The lowest BCUT2D eigenvalue weighted by molar-refractivity contribution is 0.301. The summed E-state index contributed by atoms with van der Waals surface area (Å²) in [5.41, 5.74) is 4.22. The van der Waals surface area contributed by atoms with Gasteiger partial charge in [-0.3, -0.25) is 4.98 Å². The Morgan fingerprint density at radius 1 is 0.935 bits per heavy atom. The lowest BCUT2D eigenvalue weighted by Crippen LogP contribution is -2.30. The van der Waals surface area contributed by atoms with E-state index in [1.54, 1.807) is 13.2 Å². The van der Waals surface area contributed by atoms with Crippen molar-refractivity contribution in [3.63, 3.8) is 0 Å². The maximum absolute atomic E-state index is 5.91. The standard InChI is InChI=1S/C25H27N5O/c1-18(2)25(3,20-10-8-19(9-11-20)24-27-29-30(4)28-24)21-12-14-23(15-13-21)31-17-22-7-5-6-16-26-22/h5-16,18H,17H2,1-4H3. The summed E-state index contributed by atoms with van der Waals surface area (Å²) in [6.07, 6.45) is 1.78. The van der Waals surface area contributed by atoms with Gasteiger partial charge in [-0.1, -0.05) is 63.2 Å². The number of benzene rings is 2. The third-order valence-corrected chi connectivity index (χ3v) is 5.97. The number of hydrogen-bond donors (Lipinski definition) is 0. The fourth-order valence-corrected chi connectivity index (χ4v) is 3.74. The van der Waals surface area contributed by atoms with Gasteiger partial charge in [0.25, 0.3) is 0 Å². The Balaban J connectivity index is 1.55. The second kappa shape index (κ2) is 8.68. The number of pyridine rings is 1. The number of aromatic nitrogens is 5. The lowest BCUT2D eigenvalue weighted by atomic mass is 9.68. The second-order valence-corrected chi connectivity index (χ2v) is 8.17. The molecule has 0 aliphatic heterocycles. The number of aryl methyl sites for hydroxylation is 1. The fourth-order valence-electron chi connectivity index (χ4n) is 3.74. The van der Waals surface area contributed by atoms with Gasteiger partial charge in [-0.15, -0.1) is 10.2 Å². The minimum Gasteiger partial charge on any atom is -0.487 e. The molecule has 6 heteroatoms. The Hall–Kier alpha value is -3.54. The zero-order valence-corrected chi connectivity index (χ0v) is 18.4. The molecule has 1 atom stereocenters. The number of rotatable bonds is 7. The molecule has 4 rings (SSSR count). The highest BCUT2D eigenvalue weighted by Crippen LogP contribution is 2.40. The zero-order valence-electron chi connectivity index (χ0n) is 18.4. The Morgan fingerprint density at radius 2 is 1.61 bits per heavy atom. The maximum Gasteiger partial charge on any atom is 0.204 e. The van der Waals surface area contributed by atoms with E-state index >= 15 is 0 Å². The number of hydrogen-bond acceptors (Lipinski definition) is 5. The monoisotopic (exact) mass is 413 g/mol. The topological polar surface area (TPSA) is 65.7 Å². The largest absolute Gasteiger partial charge is 0.487 e. The van der Waals surface area contributed by atoms with Crippen LogP contribution in [0.15, 0.2) is 72.9 Å². The molecule has 4 aromatic rings. The molecule has 0 amide bonds. The summed E-state index contributed by atoms with van der Waals surface area (Å²) in [6.45, 7) is 7.25. The van der Waals surface area contributed by atoms with E-state index in [1.165, 1.54) is 15.9 Å². The predicted molar refractivity (Wildman–Crippen MR) is 121 cm³/mol. The average Bonchev–Trinajstić information content (AvgIpc) is 3.24. The molecule has 158 valence electrons. The highest BCUT2D eigenvalue weighted by atomic mass is 16.5. The fraction of sp³-hybridized carbons (Fsp3) is 0.280. The first-order valence-corrected chi connectivity index (χ1v) is 10.4. The van der Waals surface area contributed by atoms with Gasteiger partial charge in [0.15, 0.2) is 0 Å². The molecule has 0 aliphatic carbocycles. The molecule has 0 bridgehead atoms. The van der Waals surface area contributed by atoms with Crippen molar-refractivity contribution in [3.8, 4) is 17.1 Å². The molecule has 0 saturated heterocycles. The Morgan fingerprint density at radius 3 is 2.16 bits per heavy atom. The number of tetrazole rings is 1. The first-order chi connectivity index (χ1) is 15.0. The van der Waals surface area contributed by atoms with E-state index in [9.17, 15) is 0 Å². The van der Waals surface area contributed by atoms with Crippen molar-refractivity contribution in [2.75, 3.05) is 0 Å². The van der Waals surface area contributed by atoms with Crippen LogP contribution in [0.1, 0.15) is 37.6 Å². The van der Waals surface area contributed by atoms with Crippen LogP contribution in [0.5, 0.6) is 5.75 Å². The Labute approximate surface area is 182 Å². The van der Waals surface area contributed by atoms with Crippen molar-refractivity contribution in [2.45, 2.75) is 32.8 Å². The molecule has 0 aliphatic rings. The summed E-state index contributed by atoms with van der Waals surface area (Å²) < 4.78 is 5.91. The average molecular weight is 414 g/mol. The van der Waals surface area contributed by atoms with Crippen LogP contribution >= 0.6 is 0 Å². The summed E-state index contributed by atoms with van der Waals surface area (Å²) >= 11 is 0. The summed E-state index contributed by atoms with van der Waals surface area (Å²) in [5, 5.41) is 12.3. The summed E-state index contributed by atoms with van der Waals surface area (Å²) in [5.74, 6) is 1.87. The van der Waals surface area contributed by atoms with Gasteiger partial charge < -0.3 is 4.74 Å². The third kappa shape index (κ3) is 4.33. The van der Waals surface area contributed by atoms with Crippen LogP contribution in [-0.2, 0) is 19.1 Å². The normalized spacial score (nSPS) is 13.2. The van der Waals surface area contributed by atoms with Crippen molar-refractivity contribution in [1.29, 1.82) is 0 Å². The van der Waals surface area contributed by atoms with Crippen molar-refractivity contribution in [3.05, 3.63) is 89.7 Å². The maximum atomic E-state index is 5.91. The van der Waals surface area contributed by atoms with Crippen LogP contribution in [-0.4, -0.2) is 25.2 Å². The van der Waals surface area contributed by atoms with Crippen LogP contribution in [0.2, 0.25) is 0 Å². The minimum absolute atomic E-state index is 0.145. The molecule has 2 aromatic carbocycles. The molecule has 0 fully saturated rings. The van der Waals surface area contributed by atoms with E-state index in [0.717, 1.165) is 17.0 Å². The molecule has 31 heavy (non-hydrogen) atoms. The highest BCUT2D eigenvalue weighted by molar-refractivity contribution is 5.56. The first kappa shape index (κ1) is 20.7. The molecule has 0 saturated carbocycles. The SMILES string of the molecule is CC(C)C(C)(c1ccc(OCc2ccccn2)cc1)c1ccc(-c2nnn(C)n2)cc1. The van der Waals surface area contributed by atoms with E-state index in [0.29, 0.717) is 18.3 Å². The van der Waals surface area contributed by atoms with E-state index in [-0.39, 0.29) is 5.41 Å². The molecule has 0 radical (unpaired) electrons. The van der Waals surface area contributed by atoms with Crippen LogP contribution < -0.4 is 4.74 Å². The van der Waals surface area contributed by atoms with Gasteiger partial charge in [-0.25, -0.2) is 0 Å². The van der Waals surface area contributed by atoms with Gasteiger partial charge in [0.05, 0.1) is 12.7 Å². The smallest absolute Gasteiger partial charge is 0.204 e. The van der Waals surface area contributed by atoms with Gasteiger partial charge in [-0.2, -0.15) is 4.80 Å². The molecule has 6 nitrogen and oxygen atoms in total. The van der Waals surface area contributed by atoms with E-state index < -0.39 is 0 Å².